The number of benzene rings is 1. The highest BCUT2D eigenvalue weighted by molar-refractivity contribution is 9.10. The molecule has 0 spiro atoms. The van der Waals surface area contributed by atoms with Gasteiger partial charge in [0.2, 0.25) is 0 Å². The number of aryl methyl sites for hydroxylation is 1. The van der Waals surface area contributed by atoms with Crippen LogP contribution >= 0.6 is 15.9 Å². The van der Waals surface area contributed by atoms with E-state index < -0.39 is 12.0 Å². The molecule has 1 aliphatic rings. The standard InChI is InChI=1S/C15H14BrNO4/c1-8-5-10(16)6-9-7-12(21-13(8)9)14(18)17-4-2-3-11(17)15(19)20/h5-7,11H,2-4H2,1H3,(H,19,20). The molecule has 1 aromatic heterocycles. The van der Waals surface area contributed by atoms with Crippen molar-refractivity contribution in [3.8, 4) is 0 Å². The molecule has 0 aliphatic carbocycles. The molecule has 2 aromatic rings. The number of likely N-dealkylation sites (tertiary alicyclic amines) is 1. The molecule has 110 valence electrons. The van der Waals surface area contributed by atoms with Crippen molar-refractivity contribution in [1.29, 1.82) is 0 Å². The number of aliphatic carboxylic acids is 1. The molecule has 5 nitrogen and oxygen atoms in total. The van der Waals surface area contributed by atoms with Gasteiger partial charge in [0.15, 0.2) is 5.76 Å². The first kappa shape index (κ1) is 14.1. The SMILES string of the molecule is Cc1cc(Br)cc2cc(C(=O)N3CCCC3C(=O)O)oc12. The fourth-order valence-electron chi connectivity index (χ4n) is 2.80. The van der Waals surface area contributed by atoms with Gasteiger partial charge in [-0.1, -0.05) is 15.9 Å². The van der Waals surface area contributed by atoms with E-state index in [0.29, 0.717) is 25.0 Å². The van der Waals surface area contributed by atoms with E-state index >= 15 is 0 Å². The van der Waals surface area contributed by atoms with Crippen LogP contribution in [-0.2, 0) is 4.79 Å². The predicted octanol–water partition coefficient (Wildman–Crippen LogP) is 3.19. The highest BCUT2D eigenvalue weighted by Gasteiger charge is 2.35. The largest absolute Gasteiger partial charge is 0.480 e. The smallest absolute Gasteiger partial charge is 0.326 e. The van der Waals surface area contributed by atoms with Crippen LogP contribution in [0.5, 0.6) is 0 Å². The van der Waals surface area contributed by atoms with Crippen molar-refractivity contribution in [2.75, 3.05) is 6.54 Å². The normalized spacial score (nSPS) is 18.4. The summed E-state index contributed by atoms with van der Waals surface area (Å²) in [6.45, 7) is 2.36. The third kappa shape index (κ3) is 2.44. The Morgan fingerprint density at radius 3 is 2.86 bits per heavy atom. The Hall–Kier alpha value is -1.82. The van der Waals surface area contributed by atoms with Crippen LogP contribution in [0.4, 0.5) is 0 Å². The third-order valence-electron chi connectivity index (χ3n) is 3.78. The van der Waals surface area contributed by atoms with Crippen molar-refractivity contribution >= 4 is 38.8 Å². The lowest BCUT2D eigenvalue weighted by Crippen LogP contribution is -2.40. The number of furan rings is 1. The number of hydrogen-bond donors (Lipinski definition) is 1. The molecule has 6 heteroatoms. The Kier molecular flexibility index (Phi) is 3.49. The van der Waals surface area contributed by atoms with Gasteiger partial charge in [-0.2, -0.15) is 0 Å². The van der Waals surface area contributed by atoms with E-state index in [-0.39, 0.29) is 11.7 Å². The first-order chi connectivity index (χ1) is 9.97. The number of nitrogens with zero attached hydrogens (tertiary/aromatic N) is 1. The molecule has 1 fully saturated rings. The lowest BCUT2D eigenvalue weighted by Gasteiger charge is -2.19. The highest BCUT2D eigenvalue weighted by atomic mass is 79.9. The number of carboxylic acids is 1. The number of amides is 1. The quantitative estimate of drug-likeness (QED) is 0.901. The summed E-state index contributed by atoms with van der Waals surface area (Å²) in [5.74, 6) is -1.12. The number of carbonyl (C=O) groups excluding carboxylic acids is 1. The Labute approximate surface area is 129 Å². The third-order valence-corrected chi connectivity index (χ3v) is 4.23. The van der Waals surface area contributed by atoms with Crippen LogP contribution in [0.3, 0.4) is 0 Å². The summed E-state index contributed by atoms with van der Waals surface area (Å²) in [5.41, 5.74) is 1.59. The minimum Gasteiger partial charge on any atom is -0.480 e. The van der Waals surface area contributed by atoms with Gasteiger partial charge in [0, 0.05) is 16.4 Å². The van der Waals surface area contributed by atoms with Crippen LogP contribution in [0.1, 0.15) is 29.0 Å². The fourth-order valence-corrected chi connectivity index (χ4v) is 3.39. The second-order valence-corrected chi connectivity index (χ2v) is 6.16. The Bertz CT molecular complexity index is 737. The summed E-state index contributed by atoms with van der Waals surface area (Å²) in [4.78, 5) is 25.1. The van der Waals surface area contributed by atoms with Gasteiger partial charge >= 0.3 is 5.97 Å². The number of carboxylic acid groups (broad SMARTS) is 1. The molecule has 1 N–H and O–H groups in total. The average Bonchev–Trinajstić information content (AvgIpc) is 3.03. The van der Waals surface area contributed by atoms with Crippen molar-refractivity contribution in [3.05, 3.63) is 34.0 Å². The van der Waals surface area contributed by atoms with Crippen LogP contribution in [0.25, 0.3) is 11.0 Å². The molecule has 2 heterocycles. The molecule has 1 saturated heterocycles. The van der Waals surface area contributed by atoms with Gasteiger partial charge in [-0.05, 0) is 43.5 Å². The topological polar surface area (TPSA) is 70.8 Å². The molecule has 0 bridgehead atoms. The minimum absolute atomic E-state index is 0.194. The number of rotatable bonds is 2. The zero-order chi connectivity index (χ0) is 15.1. The molecule has 21 heavy (non-hydrogen) atoms. The minimum atomic E-state index is -0.962. The molecular weight excluding hydrogens is 338 g/mol. The Morgan fingerprint density at radius 2 is 2.14 bits per heavy atom. The van der Waals surface area contributed by atoms with Crippen LogP contribution < -0.4 is 0 Å². The highest BCUT2D eigenvalue weighted by Crippen LogP contribution is 2.29. The summed E-state index contributed by atoms with van der Waals surface area (Å²) < 4.78 is 6.56. The van der Waals surface area contributed by atoms with E-state index in [1.54, 1.807) is 6.07 Å². The van der Waals surface area contributed by atoms with Crippen molar-refractivity contribution in [2.24, 2.45) is 0 Å². The molecular formula is C15H14BrNO4. The van der Waals surface area contributed by atoms with Gasteiger partial charge < -0.3 is 14.4 Å². The van der Waals surface area contributed by atoms with Crippen LogP contribution in [0, 0.1) is 6.92 Å². The maximum Gasteiger partial charge on any atom is 0.326 e. The van der Waals surface area contributed by atoms with Crippen LogP contribution in [0.15, 0.2) is 27.1 Å². The molecule has 1 unspecified atom stereocenters. The monoisotopic (exact) mass is 351 g/mol. The van der Waals surface area contributed by atoms with E-state index in [2.05, 4.69) is 15.9 Å². The molecule has 1 amide bonds. The second kappa shape index (κ2) is 5.18. The van der Waals surface area contributed by atoms with Gasteiger partial charge in [0.25, 0.3) is 5.91 Å². The summed E-state index contributed by atoms with van der Waals surface area (Å²) >= 11 is 3.41. The number of halogens is 1. The summed E-state index contributed by atoms with van der Waals surface area (Å²) in [6, 6.07) is 4.71. The van der Waals surface area contributed by atoms with E-state index in [1.807, 2.05) is 19.1 Å². The van der Waals surface area contributed by atoms with Crippen molar-refractivity contribution < 1.29 is 19.1 Å². The van der Waals surface area contributed by atoms with Crippen LogP contribution in [0.2, 0.25) is 0 Å². The maximum atomic E-state index is 12.5. The van der Waals surface area contributed by atoms with Gasteiger partial charge in [0.05, 0.1) is 0 Å². The predicted molar refractivity (Wildman–Crippen MR) is 80.3 cm³/mol. The zero-order valence-corrected chi connectivity index (χ0v) is 13.0. The molecule has 3 rings (SSSR count). The van der Waals surface area contributed by atoms with E-state index in [4.69, 9.17) is 9.52 Å². The van der Waals surface area contributed by atoms with E-state index in [0.717, 1.165) is 15.4 Å². The summed E-state index contributed by atoms with van der Waals surface area (Å²) in [5, 5.41) is 10.00. The molecule has 1 aromatic carbocycles. The van der Waals surface area contributed by atoms with Crippen molar-refractivity contribution in [3.63, 3.8) is 0 Å². The zero-order valence-electron chi connectivity index (χ0n) is 11.4. The van der Waals surface area contributed by atoms with Gasteiger partial charge in [-0.25, -0.2) is 4.79 Å². The summed E-state index contributed by atoms with van der Waals surface area (Å²) in [6.07, 6.45) is 1.19. The fraction of sp³-hybridized carbons (Fsp3) is 0.333. The number of fused-ring (bicyclic) bond motifs is 1. The molecule has 1 atom stereocenters. The van der Waals surface area contributed by atoms with Crippen LogP contribution in [-0.4, -0.2) is 34.5 Å². The number of carbonyl (C=O) groups is 2. The first-order valence-electron chi connectivity index (χ1n) is 6.71. The number of hydrogen-bond acceptors (Lipinski definition) is 3. The summed E-state index contributed by atoms with van der Waals surface area (Å²) in [7, 11) is 0. The van der Waals surface area contributed by atoms with E-state index in [1.165, 1.54) is 4.90 Å². The second-order valence-electron chi connectivity index (χ2n) is 5.25. The molecule has 0 radical (unpaired) electrons. The maximum absolute atomic E-state index is 12.5. The van der Waals surface area contributed by atoms with Crippen molar-refractivity contribution in [1.82, 2.24) is 4.90 Å². The first-order valence-corrected chi connectivity index (χ1v) is 7.50. The average molecular weight is 352 g/mol. The molecule has 1 aliphatic heterocycles. The Balaban J connectivity index is 1.98. The van der Waals surface area contributed by atoms with Crippen molar-refractivity contribution in [2.45, 2.75) is 25.8 Å². The van der Waals surface area contributed by atoms with Gasteiger partial charge in [-0.15, -0.1) is 0 Å². The van der Waals surface area contributed by atoms with Gasteiger partial charge in [0.1, 0.15) is 11.6 Å². The van der Waals surface area contributed by atoms with E-state index in [9.17, 15) is 9.59 Å². The lowest BCUT2D eigenvalue weighted by molar-refractivity contribution is -0.141. The Morgan fingerprint density at radius 1 is 1.38 bits per heavy atom. The molecule has 0 saturated carbocycles. The lowest BCUT2D eigenvalue weighted by atomic mass is 10.2. The van der Waals surface area contributed by atoms with Gasteiger partial charge in [-0.3, -0.25) is 4.79 Å².